The zero-order valence-electron chi connectivity index (χ0n) is 17.3. The second-order valence-corrected chi connectivity index (χ2v) is 8.15. The zero-order valence-corrected chi connectivity index (χ0v) is 18.1. The average molecular weight is 452 g/mol. The van der Waals surface area contributed by atoms with E-state index in [1.807, 2.05) is 13.0 Å². The molecule has 1 unspecified atom stereocenters. The van der Waals surface area contributed by atoms with Crippen LogP contribution in [-0.4, -0.2) is 23.0 Å². The second-order valence-electron chi connectivity index (χ2n) is 6.88. The van der Waals surface area contributed by atoms with Crippen molar-refractivity contribution in [1.29, 1.82) is 0 Å². The zero-order chi connectivity index (χ0) is 23.1. The van der Waals surface area contributed by atoms with Gasteiger partial charge in [0.2, 0.25) is 5.91 Å². The molecule has 8 heteroatoms. The maximum Gasteiger partial charge on any atom is 0.258 e. The van der Waals surface area contributed by atoms with E-state index in [0.717, 1.165) is 4.90 Å². The molecule has 4 N–H and O–H groups in total. The van der Waals surface area contributed by atoms with E-state index in [4.69, 9.17) is 5.73 Å². The van der Waals surface area contributed by atoms with Crippen molar-refractivity contribution in [1.82, 2.24) is 0 Å². The van der Waals surface area contributed by atoms with Crippen molar-refractivity contribution in [3.05, 3.63) is 89.7 Å². The number of thioether (sulfide) groups is 1. The highest BCUT2D eigenvalue weighted by atomic mass is 32.2. The van der Waals surface area contributed by atoms with Crippen LogP contribution in [0.3, 0.4) is 0 Å². The highest BCUT2D eigenvalue weighted by Gasteiger charge is 2.20. The van der Waals surface area contributed by atoms with Crippen molar-refractivity contribution in [2.45, 2.75) is 23.5 Å². The van der Waals surface area contributed by atoms with Gasteiger partial charge >= 0.3 is 0 Å². The smallest absolute Gasteiger partial charge is 0.258 e. The van der Waals surface area contributed by atoms with Crippen molar-refractivity contribution in [2.24, 2.45) is 5.73 Å². The first-order valence-corrected chi connectivity index (χ1v) is 10.8. The Bertz CT molecular complexity index is 1150. The van der Waals surface area contributed by atoms with Gasteiger partial charge in [0.05, 0.1) is 22.1 Å². The molecule has 0 heterocycles. The van der Waals surface area contributed by atoms with Gasteiger partial charge in [-0.2, -0.15) is 0 Å². The van der Waals surface area contributed by atoms with Gasteiger partial charge in [-0.15, -0.1) is 11.8 Å². The van der Waals surface area contributed by atoms with Gasteiger partial charge in [0, 0.05) is 10.6 Å². The van der Waals surface area contributed by atoms with Gasteiger partial charge < -0.3 is 16.4 Å². The Hall–Kier alpha value is -3.65. The third kappa shape index (κ3) is 5.73. The molecule has 0 spiro atoms. The lowest BCUT2D eigenvalue weighted by molar-refractivity contribution is -0.115. The summed E-state index contributed by atoms with van der Waals surface area (Å²) in [6.45, 7) is 1.88. The molecule has 0 aliphatic rings. The highest BCUT2D eigenvalue weighted by Crippen LogP contribution is 2.29. The molecule has 0 bridgehead atoms. The lowest BCUT2D eigenvalue weighted by Crippen LogP contribution is -2.26. The number of amides is 3. The largest absolute Gasteiger partial charge is 0.366 e. The van der Waals surface area contributed by atoms with Crippen LogP contribution in [0.1, 0.15) is 34.1 Å². The second kappa shape index (κ2) is 10.6. The van der Waals surface area contributed by atoms with Crippen molar-refractivity contribution in [3.63, 3.8) is 0 Å². The van der Waals surface area contributed by atoms with Crippen LogP contribution in [0.5, 0.6) is 0 Å². The van der Waals surface area contributed by atoms with Crippen LogP contribution in [0.2, 0.25) is 0 Å². The van der Waals surface area contributed by atoms with Gasteiger partial charge in [0.15, 0.2) is 0 Å². The van der Waals surface area contributed by atoms with E-state index >= 15 is 0 Å². The van der Waals surface area contributed by atoms with Crippen LogP contribution >= 0.6 is 11.8 Å². The van der Waals surface area contributed by atoms with E-state index in [-0.39, 0.29) is 17.0 Å². The first-order chi connectivity index (χ1) is 15.4. The summed E-state index contributed by atoms with van der Waals surface area (Å²) in [4.78, 5) is 37.5. The van der Waals surface area contributed by atoms with Crippen LogP contribution in [0, 0.1) is 5.82 Å². The maximum absolute atomic E-state index is 13.8. The fourth-order valence-electron chi connectivity index (χ4n) is 3.00. The Morgan fingerprint density at radius 3 is 2.31 bits per heavy atom. The number of para-hydroxylation sites is 1. The molecule has 0 aliphatic heterocycles. The number of carbonyl (C=O) groups is 3. The topological polar surface area (TPSA) is 101 Å². The van der Waals surface area contributed by atoms with Gasteiger partial charge in [-0.25, -0.2) is 4.39 Å². The summed E-state index contributed by atoms with van der Waals surface area (Å²) in [5, 5.41) is 4.99. The van der Waals surface area contributed by atoms with E-state index in [1.165, 1.54) is 30.0 Å². The van der Waals surface area contributed by atoms with E-state index in [9.17, 15) is 18.8 Å². The van der Waals surface area contributed by atoms with Crippen molar-refractivity contribution in [2.75, 3.05) is 10.6 Å². The molecule has 1 atom stereocenters. The van der Waals surface area contributed by atoms with Crippen LogP contribution in [0.4, 0.5) is 15.8 Å². The first kappa shape index (κ1) is 23.0. The molecule has 3 aromatic carbocycles. The molecular formula is C24H22FN3O3S. The van der Waals surface area contributed by atoms with Crippen LogP contribution in [0.25, 0.3) is 0 Å². The Kier molecular flexibility index (Phi) is 7.62. The minimum absolute atomic E-state index is 0.0514. The normalized spacial score (nSPS) is 11.4. The summed E-state index contributed by atoms with van der Waals surface area (Å²) in [7, 11) is 0. The van der Waals surface area contributed by atoms with Gasteiger partial charge in [-0.05, 0) is 48.9 Å². The lowest BCUT2D eigenvalue weighted by atomic mass is 10.1. The molecule has 0 fully saturated rings. The Labute approximate surface area is 189 Å². The van der Waals surface area contributed by atoms with Crippen LogP contribution in [-0.2, 0) is 4.79 Å². The van der Waals surface area contributed by atoms with Crippen molar-refractivity contribution >= 4 is 40.9 Å². The number of halogens is 1. The third-order valence-corrected chi connectivity index (χ3v) is 5.96. The molecule has 3 amide bonds. The number of nitrogens with two attached hydrogens (primary N) is 1. The number of anilines is 2. The Balaban J connectivity index is 1.70. The van der Waals surface area contributed by atoms with E-state index in [2.05, 4.69) is 10.6 Å². The predicted molar refractivity (Wildman–Crippen MR) is 124 cm³/mol. The SMILES string of the molecule is CCC(Sc1cccc(NC(=O)c2ccccc2F)c1)C(=O)Nc1ccccc1C(N)=O. The number of nitrogens with one attached hydrogen (secondary N) is 2. The molecular weight excluding hydrogens is 429 g/mol. The average Bonchev–Trinajstić information content (AvgIpc) is 2.78. The highest BCUT2D eigenvalue weighted by molar-refractivity contribution is 8.00. The number of hydrogen-bond acceptors (Lipinski definition) is 4. The Morgan fingerprint density at radius 2 is 1.62 bits per heavy atom. The van der Waals surface area contributed by atoms with E-state index in [1.54, 1.807) is 48.5 Å². The number of primary amides is 1. The summed E-state index contributed by atoms with van der Waals surface area (Å²) < 4.78 is 13.8. The maximum atomic E-state index is 13.8. The van der Waals surface area contributed by atoms with Gasteiger partial charge in [-0.1, -0.05) is 37.3 Å². The summed E-state index contributed by atoms with van der Waals surface area (Å²) in [6, 6.07) is 19.2. The monoisotopic (exact) mass is 451 g/mol. The fraction of sp³-hybridized carbons (Fsp3) is 0.125. The van der Waals surface area contributed by atoms with Crippen molar-refractivity contribution in [3.8, 4) is 0 Å². The van der Waals surface area contributed by atoms with E-state index in [0.29, 0.717) is 17.8 Å². The predicted octanol–water partition coefficient (Wildman–Crippen LogP) is 4.69. The molecule has 3 rings (SSSR count). The lowest BCUT2D eigenvalue weighted by Gasteiger charge is -2.16. The number of carbonyl (C=O) groups excluding carboxylic acids is 3. The van der Waals surface area contributed by atoms with E-state index < -0.39 is 22.9 Å². The number of hydrogen-bond donors (Lipinski definition) is 3. The Morgan fingerprint density at radius 1 is 0.938 bits per heavy atom. The summed E-state index contributed by atoms with van der Waals surface area (Å²) in [5.41, 5.74) is 6.40. The molecule has 0 saturated heterocycles. The van der Waals surface area contributed by atoms with Gasteiger partial charge in [-0.3, -0.25) is 14.4 Å². The molecule has 6 nitrogen and oxygen atoms in total. The van der Waals surface area contributed by atoms with Crippen LogP contribution < -0.4 is 16.4 Å². The summed E-state index contributed by atoms with van der Waals surface area (Å²) >= 11 is 1.32. The van der Waals surface area contributed by atoms with Gasteiger partial charge in [0.25, 0.3) is 11.8 Å². The first-order valence-electron chi connectivity index (χ1n) is 9.91. The summed E-state index contributed by atoms with van der Waals surface area (Å²) in [6.07, 6.45) is 0.529. The minimum atomic E-state index is -0.625. The molecule has 0 radical (unpaired) electrons. The molecule has 0 aliphatic carbocycles. The van der Waals surface area contributed by atoms with Crippen molar-refractivity contribution < 1.29 is 18.8 Å². The number of rotatable bonds is 8. The number of benzene rings is 3. The fourth-order valence-corrected chi connectivity index (χ4v) is 4.01. The quantitative estimate of drug-likeness (QED) is 0.433. The molecule has 32 heavy (non-hydrogen) atoms. The van der Waals surface area contributed by atoms with Gasteiger partial charge in [0.1, 0.15) is 5.82 Å². The molecule has 0 aromatic heterocycles. The summed E-state index contributed by atoms with van der Waals surface area (Å²) in [5.74, 6) is -2.06. The molecule has 0 saturated carbocycles. The molecule has 3 aromatic rings. The third-order valence-electron chi connectivity index (χ3n) is 4.60. The minimum Gasteiger partial charge on any atom is -0.366 e. The standard InChI is InChI=1S/C24H22FN3O3S/c1-2-21(24(31)28-20-13-6-4-11-18(20)22(26)29)32-16-9-7-8-15(14-16)27-23(30)17-10-3-5-12-19(17)25/h3-14,21H,2H2,1H3,(H2,26,29)(H,27,30)(H,28,31). The molecule has 164 valence electrons. The van der Waals surface area contributed by atoms with Crippen LogP contribution in [0.15, 0.2) is 77.7 Å².